The van der Waals surface area contributed by atoms with Crippen LogP contribution in [0.2, 0.25) is 0 Å². The van der Waals surface area contributed by atoms with Crippen molar-refractivity contribution >= 4 is 11.3 Å². The summed E-state index contributed by atoms with van der Waals surface area (Å²) in [5.41, 5.74) is 2.05. The van der Waals surface area contributed by atoms with Crippen molar-refractivity contribution < 1.29 is 0 Å². The van der Waals surface area contributed by atoms with Crippen molar-refractivity contribution in [1.29, 1.82) is 0 Å². The van der Waals surface area contributed by atoms with E-state index in [9.17, 15) is 0 Å². The molecule has 2 aromatic rings. The van der Waals surface area contributed by atoms with Crippen molar-refractivity contribution in [3.8, 4) is 11.8 Å². The van der Waals surface area contributed by atoms with Gasteiger partial charge in [-0.15, -0.1) is 11.3 Å². The summed E-state index contributed by atoms with van der Waals surface area (Å²) in [4.78, 5) is 6.79. The molecule has 2 rings (SSSR count). The highest BCUT2D eigenvalue weighted by atomic mass is 32.1. The van der Waals surface area contributed by atoms with Crippen LogP contribution in [0.1, 0.15) is 53.6 Å². The van der Waals surface area contributed by atoms with E-state index in [1.54, 1.807) is 0 Å². The summed E-state index contributed by atoms with van der Waals surface area (Å²) in [7, 11) is 0. The molecule has 0 saturated heterocycles. The molecule has 1 nitrogen and oxygen atoms in total. The standard InChI is InChI=1S/C18H21NS/c1-3-4-5-6-7-17-10-11-18(20-17)9-8-16-12-13-19-15(2)14-16/h10-14H,3-7H2,1-2H3. The van der Waals surface area contributed by atoms with Gasteiger partial charge in [-0.3, -0.25) is 4.98 Å². The Hall–Kier alpha value is -1.59. The molecule has 0 unspecified atom stereocenters. The monoisotopic (exact) mass is 283 g/mol. The fraction of sp³-hybridized carbons (Fsp3) is 0.389. The Morgan fingerprint density at radius 3 is 2.80 bits per heavy atom. The largest absolute Gasteiger partial charge is 0.262 e. The lowest BCUT2D eigenvalue weighted by molar-refractivity contribution is 0.670. The summed E-state index contributed by atoms with van der Waals surface area (Å²) < 4.78 is 0. The highest BCUT2D eigenvalue weighted by Crippen LogP contribution is 2.18. The Labute approximate surface area is 126 Å². The normalized spacial score (nSPS) is 10.1. The van der Waals surface area contributed by atoms with E-state index in [0.717, 1.165) is 16.1 Å². The van der Waals surface area contributed by atoms with Crippen LogP contribution in [-0.4, -0.2) is 4.98 Å². The number of hydrogen-bond acceptors (Lipinski definition) is 2. The van der Waals surface area contributed by atoms with Gasteiger partial charge in [0, 0.05) is 22.3 Å². The molecule has 0 spiro atoms. The van der Waals surface area contributed by atoms with E-state index in [1.807, 2.05) is 36.6 Å². The average molecular weight is 283 g/mol. The zero-order valence-electron chi connectivity index (χ0n) is 12.3. The molecule has 0 N–H and O–H groups in total. The van der Waals surface area contributed by atoms with Gasteiger partial charge in [0.05, 0.1) is 4.88 Å². The van der Waals surface area contributed by atoms with Gasteiger partial charge in [-0.25, -0.2) is 0 Å². The van der Waals surface area contributed by atoms with E-state index in [0.29, 0.717) is 0 Å². The number of pyridine rings is 1. The number of nitrogens with zero attached hydrogens (tertiary/aromatic N) is 1. The van der Waals surface area contributed by atoms with Crippen LogP contribution in [-0.2, 0) is 6.42 Å². The molecule has 0 saturated carbocycles. The minimum Gasteiger partial charge on any atom is -0.262 e. The van der Waals surface area contributed by atoms with Gasteiger partial charge in [0.2, 0.25) is 0 Å². The zero-order valence-corrected chi connectivity index (χ0v) is 13.1. The van der Waals surface area contributed by atoms with Gasteiger partial charge in [-0.1, -0.05) is 38.0 Å². The molecule has 2 heterocycles. The van der Waals surface area contributed by atoms with E-state index in [1.165, 1.54) is 37.0 Å². The molecule has 0 aliphatic rings. The first kappa shape index (κ1) is 14.8. The Kier molecular flexibility index (Phi) is 5.83. The van der Waals surface area contributed by atoms with Gasteiger partial charge in [0.25, 0.3) is 0 Å². The average Bonchev–Trinajstić information content (AvgIpc) is 2.89. The maximum atomic E-state index is 4.18. The van der Waals surface area contributed by atoms with Crippen molar-refractivity contribution in [2.45, 2.75) is 46.0 Å². The lowest BCUT2D eigenvalue weighted by Gasteiger charge is -1.96. The topological polar surface area (TPSA) is 12.9 Å². The van der Waals surface area contributed by atoms with Gasteiger partial charge in [0.1, 0.15) is 0 Å². The summed E-state index contributed by atoms with van der Waals surface area (Å²) in [5, 5.41) is 0. The van der Waals surface area contributed by atoms with Crippen LogP contribution in [0, 0.1) is 18.8 Å². The predicted molar refractivity (Wildman–Crippen MR) is 87.1 cm³/mol. The number of aryl methyl sites for hydroxylation is 2. The molecule has 2 heteroatoms. The number of thiophene rings is 1. The summed E-state index contributed by atoms with van der Waals surface area (Å²) in [6, 6.07) is 8.34. The maximum absolute atomic E-state index is 4.18. The second kappa shape index (κ2) is 7.87. The van der Waals surface area contributed by atoms with Gasteiger partial charge in [0.15, 0.2) is 0 Å². The minimum absolute atomic E-state index is 1.01. The molecular weight excluding hydrogens is 262 g/mol. The van der Waals surface area contributed by atoms with E-state index < -0.39 is 0 Å². The Morgan fingerprint density at radius 2 is 2.00 bits per heavy atom. The lowest BCUT2D eigenvalue weighted by atomic mass is 10.1. The van der Waals surface area contributed by atoms with Crippen LogP contribution in [0.3, 0.4) is 0 Å². The lowest BCUT2D eigenvalue weighted by Crippen LogP contribution is -1.81. The van der Waals surface area contributed by atoms with Crippen LogP contribution in [0.15, 0.2) is 30.5 Å². The van der Waals surface area contributed by atoms with E-state index in [-0.39, 0.29) is 0 Å². The SMILES string of the molecule is CCCCCCc1ccc(C#Cc2ccnc(C)c2)s1. The Bertz CT molecular complexity index is 601. The third kappa shape index (κ3) is 4.83. The smallest absolute Gasteiger partial charge is 0.0775 e. The van der Waals surface area contributed by atoms with Crippen molar-refractivity contribution in [3.63, 3.8) is 0 Å². The van der Waals surface area contributed by atoms with Crippen molar-refractivity contribution in [1.82, 2.24) is 4.98 Å². The van der Waals surface area contributed by atoms with Gasteiger partial charge in [-0.2, -0.15) is 0 Å². The molecule has 0 fully saturated rings. The van der Waals surface area contributed by atoms with Crippen molar-refractivity contribution in [2.24, 2.45) is 0 Å². The minimum atomic E-state index is 1.01. The van der Waals surface area contributed by atoms with Gasteiger partial charge < -0.3 is 0 Å². The molecule has 20 heavy (non-hydrogen) atoms. The van der Waals surface area contributed by atoms with E-state index >= 15 is 0 Å². The zero-order chi connectivity index (χ0) is 14.2. The quantitative estimate of drug-likeness (QED) is 0.557. The summed E-state index contributed by atoms with van der Waals surface area (Å²) in [6.07, 6.45) is 8.29. The first-order valence-electron chi connectivity index (χ1n) is 7.31. The molecule has 0 aliphatic heterocycles. The van der Waals surface area contributed by atoms with Crippen molar-refractivity contribution in [3.05, 3.63) is 51.5 Å². The number of aromatic nitrogens is 1. The van der Waals surface area contributed by atoms with Gasteiger partial charge in [-0.05, 0) is 44.0 Å². The highest BCUT2D eigenvalue weighted by Gasteiger charge is 1.98. The molecule has 0 aliphatic carbocycles. The number of unbranched alkanes of at least 4 members (excludes halogenated alkanes) is 3. The van der Waals surface area contributed by atoms with Crippen LogP contribution < -0.4 is 0 Å². The second-order valence-electron chi connectivity index (χ2n) is 5.01. The van der Waals surface area contributed by atoms with Gasteiger partial charge >= 0.3 is 0 Å². The van der Waals surface area contributed by atoms with Crippen LogP contribution in [0.25, 0.3) is 0 Å². The highest BCUT2D eigenvalue weighted by molar-refractivity contribution is 7.12. The van der Waals surface area contributed by atoms with Crippen LogP contribution >= 0.6 is 11.3 Å². The summed E-state index contributed by atoms with van der Waals surface area (Å²) in [6.45, 7) is 4.24. The van der Waals surface area contributed by atoms with Crippen LogP contribution in [0.5, 0.6) is 0 Å². The van der Waals surface area contributed by atoms with Crippen molar-refractivity contribution in [2.75, 3.05) is 0 Å². The molecule has 0 atom stereocenters. The number of hydrogen-bond donors (Lipinski definition) is 0. The molecule has 0 bridgehead atoms. The second-order valence-corrected chi connectivity index (χ2v) is 6.18. The first-order valence-corrected chi connectivity index (χ1v) is 8.13. The Balaban J connectivity index is 1.93. The Morgan fingerprint density at radius 1 is 1.10 bits per heavy atom. The molecular formula is C18H21NS. The molecule has 0 amide bonds. The van der Waals surface area contributed by atoms with Crippen LogP contribution in [0.4, 0.5) is 0 Å². The van der Waals surface area contributed by atoms with E-state index in [4.69, 9.17) is 0 Å². The molecule has 104 valence electrons. The fourth-order valence-corrected chi connectivity index (χ4v) is 2.97. The maximum Gasteiger partial charge on any atom is 0.0775 e. The third-order valence-electron chi connectivity index (χ3n) is 3.17. The molecule has 0 aromatic carbocycles. The third-order valence-corrected chi connectivity index (χ3v) is 4.23. The summed E-state index contributed by atoms with van der Waals surface area (Å²) in [5.74, 6) is 6.46. The fourth-order valence-electron chi connectivity index (χ4n) is 2.06. The predicted octanol–water partition coefficient (Wildman–Crippen LogP) is 4.97. The molecule has 0 radical (unpaired) electrons. The van der Waals surface area contributed by atoms with E-state index in [2.05, 4.69) is 35.9 Å². The number of rotatable bonds is 5. The first-order chi connectivity index (χ1) is 9.78. The summed E-state index contributed by atoms with van der Waals surface area (Å²) >= 11 is 1.83. The molecule has 2 aromatic heterocycles.